The summed E-state index contributed by atoms with van der Waals surface area (Å²) in [5, 5.41) is 7.72. The number of amides is 1. The zero-order chi connectivity index (χ0) is 20.8. The van der Waals surface area contributed by atoms with Gasteiger partial charge in [0.2, 0.25) is 0 Å². The minimum atomic E-state index is -0.342. The van der Waals surface area contributed by atoms with Gasteiger partial charge in [0.25, 0.3) is 5.91 Å². The van der Waals surface area contributed by atoms with Crippen LogP contribution in [0.1, 0.15) is 45.0 Å². The zero-order valence-electron chi connectivity index (χ0n) is 17.0. The molecule has 0 saturated carbocycles. The van der Waals surface area contributed by atoms with Gasteiger partial charge in [0.05, 0.1) is 18.4 Å². The normalized spacial score (nSPS) is 15.9. The van der Waals surface area contributed by atoms with Crippen LogP contribution in [-0.4, -0.2) is 20.5 Å². The second-order valence-corrected chi connectivity index (χ2v) is 7.56. The Morgan fingerprint density at radius 1 is 1.10 bits per heavy atom. The molecule has 1 N–H and O–H groups in total. The van der Waals surface area contributed by atoms with Crippen LogP contribution in [0, 0.1) is 20.8 Å². The van der Waals surface area contributed by atoms with E-state index in [-0.39, 0.29) is 12.1 Å². The molecule has 1 unspecified atom stereocenters. The first-order valence-corrected chi connectivity index (χ1v) is 9.84. The van der Waals surface area contributed by atoms with Crippen LogP contribution in [0.4, 0.5) is 5.69 Å². The molecule has 0 aliphatic carbocycles. The Morgan fingerprint density at radius 3 is 2.67 bits per heavy atom. The van der Waals surface area contributed by atoms with E-state index in [2.05, 4.69) is 16.5 Å². The van der Waals surface area contributed by atoms with Gasteiger partial charge in [-0.1, -0.05) is 17.3 Å². The molecule has 7 nitrogen and oxygen atoms in total. The standard InChI is InChI=1S/C23H22N4O3/c1-14-11-19(16(3)27(14)21-12-15(2)30-25-21)22-24-20-9-5-4-8-18(20)23(28)26(22)13-17-7-6-10-29-17/h4-12,22,24H,13H2,1-3H3. The maximum absolute atomic E-state index is 13.4. The van der Waals surface area contributed by atoms with Crippen molar-refractivity contribution in [1.29, 1.82) is 0 Å². The smallest absolute Gasteiger partial charge is 0.258 e. The number of furan rings is 1. The van der Waals surface area contributed by atoms with Crippen molar-refractivity contribution in [2.75, 3.05) is 5.32 Å². The number of carbonyl (C=O) groups excluding carboxylic acids is 1. The number of anilines is 1. The Hall–Kier alpha value is -3.74. The second kappa shape index (κ2) is 6.95. The van der Waals surface area contributed by atoms with E-state index in [0.717, 1.165) is 40.0 Å². The van der Waals surface area contributed by atoms with E-state index in [0.29, 0.717) is 12.1 Å². The van der Waals surface area contributed by atoms with Crippen molar-refractivity contribution in [3.8, 4) is 5.82 Å². The van der Waals surface area contributed by atoms with E-state index in [9.17, 15) is 4.79 Å². The molecule has 0 spiro atoms. The van der Waals surface area contributed by atoms with E-state index < -0.39 is 0 Å². The number of hydrogen-bond acceptors (Lipinski definition) is 5. The molecule has 30 heavy (non-hydrogen) atoms. The largest absolute Gasteiger partial charge is 0.467 e. The summed E-state index contributed by atoms with van der Waals surface area (Å²) in [4.78, 5) is 15.2. The summed E-state index contributed by atoms with van der Waals surface area (Å²) in [6.07, 6.45) is 1.28. The van der Waals surface area contributed by atoms with E-state index in [1.54, 1.807) is 11.2 Å². The summed E-state index contributed by atoms with van der Waals surface area (Å²) >= 11 is 0. The first-order chi connectivity index (χ1) is 14.5. The molecule has 1 aliphatic heterocycles. The number of para-hydroxylation sites is 1. The Bertz CT molecular complexity index is 1220. The third-order valence-corrected chi connectivity index (χ3v) is 5.54. The average molecular weight is 402 g/mol. The minimum Gasteiger partial charge on any atom is -0.467 e. The van der Waals surface area contributed by atoms with Gasteiger partial charge in [-0.3, -0.25) is 9.36 Å². The second-order valence-electron chi connectivity index (χ2n) is 7.56. The van der Waals surface area contributed by atoms with E-state index in [4.69, 9.17) is 8.94 Å². The van der Waals surface area contributed by atoms with Crippen LogP contribution >= 0.6 is 0 Å². The molecule has 0 saturated heterocycles. The van der Waals surface area contributed by atoms with Crippen LogP contribution in [-0.2, 0) is 6.54 Å². The molecule has 7 heteroatoms. The summed E-state index contributed by atoms with van der Waals surface area (Å²) in [5.41, 5.74) is 4.49. The van der Waals surface area contributed by atoms with E-state index in [1.165, 1.54) is 0 Å². The quantitative estimate of drug-likeness (QED) is 0.533. The molecular formula is C23H22N4O3. The maximum Gasteiger partial charge on any atom is 0.258 e. The summed E-state index contributed by atoms with van der Waals surface area (Å²) in [5.74, 6) is 2.18. The topological polar surface area (TPSA) is 76.4 Å². The van der Waals surface area contributed by atoms with Crippen molar-refractivity contribution < 1.29 is 13.7 Å². The zero-order valence-corrected chi connectivity index (χ0v) is 17.0. The molecule has 4 aromatic rings. The fourth-order valence-electron chi connectivity index (χ4n) is 4.15. The number of nitrogens with one attached hydrogen (secondary N) is 1. The molecule has 1 aliphatic rings. The molecule has 1 aromatic carbocycles. The number of hydrogen-bond donors (Lipinski definition) is 1. The first-order valence-electron chi connectivity index (χ1n) is 9.84. The van der Waals surface area contributed by atoms with E-state index in [1.807, 2.05) is 67.8 Å². The van der Waals surface area contributed by atoms with Crippen molar-refractivity contribution >= 4 is 11.6 Å². The predicted molar refractivity (Wildman–Crippen MR) is 111 cm³/mol. The van der Waals surface area contributed by atoms with Crippen molar-refractivity contribution in [2.45, 2.75) is 33.5 Å². The number of aryl methyl sites for hydroxylation is 2. The third kappa shape index (κ3) is 2.90. The molecule has 1 amide bonds. The maximum atomic E-state index is 13.4. The Morgan fingerprint density at radius 2 is 1.93 bits per heavy atom. The molecule has 152 valence electrons. The Labute approximate surface area is 173 Å². The van der Waals surface area contributed by atoms with E-state index >= 15 is 0 Å². The molecular weight excluding hydrogens is 380 g/mol. The number of nitrogens with zero attached hydrogens (tertiary/aromatic N) is 3. The fraction of sp³-hybridized carbons (Fsp3) is 0.217. The number of fused-ring (bicyclic) bond motifs is 1. The van der Waals surface area contributed by atoms with Gasteiger partial charge in [-0.25, -0.2) is 0 Å². The van der Waals surface area contributed by atoms with Crippen molar-refractivity contribution in [2.24, 2.45) is 0 Å². The van der Waals surface area contributed by atoms with Gasteiger partial charge in [0.15, 0.2) is 5.82 Å². The van der Waals surface area contributed by atoms with Gasteiger partial charge in [-0.2, -0.15) is 0 Å². The monoisotopic (exact) mass is 402 g/mol. The molecule has 0 radical (unpaired) electrons. The van der Waals surface area contributed by atoms with Gasteiger partial charge in [-0.15, -0.1) is 0 Å². The van der Waals surface area contributed by atoms with Crippen LogP contribution in [0.15, 0.2) is 63.7 Å². The van der Waals surface area contributed by atoms with Crippen LogP contribution < -0.4 is 5.32 Å². The highest BCUT2D eigenvalue weighted by Crippen LogP contribution is 2.37. The SMILES string of the molecule is Cc1cc(-n2c(C)cc(C3Nc4ccccc4C(=O)N3Cc3ccco3)c2C)no1. The van der Waals surface area contributed by atoms with Gasteiger partial charge in [0.1, 0.15) is 17.7 Å². The van der Waals surface area contributed by atoms with Gasteiger partial charge >= 0.3 is 0 Å². The fourth-order valence-corrected chi connectivity index (χ4v) is 4.15. The number of rotatable bonds is 4. The lowest BCUT2D eigenvalue weighted by atomic mass is 10.0. The van der Waals surface area contributed by atoms with Gasteiger partial charge in [-0.05, 0) is 51.1 Å². The van der Waals surface area contributed by atoms with Crippen LogP contribution in [0.5, 0.6) is 0 Å². The molecule has 0 bridgehead atoms. The third-order valence-electron chi connectivity index (χ3n) is 5.54. The van der Waals surface area contributed by atoms with Crippen LogP contribution in [0.2, 0.25) is 0 Å². The van der Waals surface area contributed by atoms with Crippen molar-refractivity contribution in [1.82, 2.24) is 14.6 Å². The van der Waals surface area contributed by atoms with Gasteiger partial charge < -0.3 is 19.2 Å². The summed E-state index contributed by atoms with van der Waals surface area (Å²) in [6, 6.07) is 15.3. The number of carbonyl (C=O) groups is 1. The first kappa shape index (κ1) is 18.3. The van der Waals surface area contributed by atoms with Crippen molar-refractivity contribution in [3.05, 3.63) is 88.8 Å². The highest BCUT2D eigenvalue weighted by atomic mass is 16.5. The molecule has 1 atom stereocenters. The Kier molecular flexibility index (Phi) is 4.24. The van der Waals surface area contributed by atoms with Crippen molar-refractivity contribution in [3.63, 3.8) is 0 Å². The molecule has 0 fully saturated rings. The Balaban J connectivity index is 1.61. The molecule has 5 rings (SSSR count). The lowest BCUT2D eigenvalue weighted by molar-refractivity contribution is 0.0651. The average Bonchev–Trinajstić information content (AvgIpc) is 3.45. The summed E-state index contributed by atoms with van der Waals surface area (Å²) in [7, 11) is 0. The van der Waals surface area contributed by atoms with Gasteiger partial charge in [0, 0.05) is 28.7 Å². The van der Waals surface area contributed by atoms with Crippen LogP contribution in [0.25, 0.3) is 5.82 Å². The predicted octanol–water partition coefficient (Wildman–Crippen LogP) is 4.75. The highest BCUT2D eigenvalue weighted by molar-refractivity contribution is 6.01. The van der Waals surface area contributed by atoms with Crippen LogP contribution in [0.3, 0.4) is 0 Å². The lowest BCUT2D eigenvalue weighted by Gasteiger charge is -2.37. The highest BCUT2D eigenvalue weighted by Gasteiger charge is 2.35. The molecule has 3 aromatic heterocycles. The lowest BCUT2D eigenvalue weighted by Crippen LogP contribution is -2.42. The molecule has 4 heterocycles. The number of aromatic nitrogens is 2. The summed E-state index contributed by atoms with van der Waals surface area (Å²) in [6.45, 7) is 6.29. The minimum absolute atomic E-state index is 0.0344. The number of benzene rings is 1. The summed E-state index contributed by atoms with van der Waals surface area (Å²) < 4.78 is 12.9.